The molecule has 3 heterocycles. The van der Waals surface area contributed by atoms with Gasteiger partial charge >= 0.3 is 0 Å². The molecule has 0 bridgehead atoms. The molecule has 0 atom stereocenters. The third-order valence-corrected chi connectivity index (χ3v) is 2.67. The van der Waals surface area contributed by atoms with Gasteiger partial charge in [0.2, 0.25) is 0 Å². The quantitative estimate of drug-likeness (QED) is 0.736. The van der Waals surface area contributed by atoms with Crippen LogP contribution in [0.3, 0.4) is 0 Å². The van der Waals surface area contributed by atoms with Crippen LogP contribution >= 0.6 is 0 Å². The van der Waals surface area contributed by atoms with Crippen molar-refractivity contribution < 1.29 is 0 Å². The minimum absolute atomic E-state index is 0.698. The standard InChI is InChI=1S/C12H12N6/c1-8-4-14-7-12(17-8)18-10-6-15-11(13-2)3-9(10)5-16-18/h3-7H,1-2H3,(H,13,15). The lowest BCUT2D eigenvalue weighted by atomic mass is 10.3. The molecule has 3 rings (SSSR count). The second kappa shape index (κ2) is 4.06. The molecule has 6 nitrogen and oxygen atoms in total. The van der Waals surface area contributed by atoms with Gasteiger partial charge in [0.15, 0.2) is 5.82 Å². The Bertz CT molecular complexity index is 703. The molecule has 0 saturated carbocycles. The lowest BCUT2D eigenvalue weighted by molar-refractivity contribution is 0.853. The number of nitrogens with zero attached hydrogens (tertiary/aromatic N) is 5. The van der Waals surface area contributed by atoms with E-state index in [1.165, 1.54) is 0 Å². The smallest absolute Gasteiger partial charge is 0.172 e. The lowest BCUT2D eigenvalue weighted by Crippen LogP contribution is -2.01. The fraction of sp³-hybridized carbons (Fsp3) is 0.167. The van der Waals surface area contributed by atoms with Crippen molar-refractivity contribution in [2.45, 2.75) is 6.92 Å². The molecule has 0 fully saturated rings. The van der Waals surface area contributed by atoms with Gasteiger partial charge in [0.05, 0.1) is 29.8 Å². The summed E-state index contributed by atoms with van der Waals surface area (Å²) in [6, 6.07) is 1.95. The number of fused-ring (bicyclic) bond motifs is 1. The first-order valence-corrected chi connectivity index (χ1v) is 5.58. The Morgan fingerprint density at radius 2 is 2.06 bits per heavy atom. The fourth-order valence-electron chi connectivity index (χ4n) is 1.80. The number of hydrogen-bond acceptors (Lipinski definition) is 5. The molecule has 3 aromatic heterocycles. The fourth-order valence-corrected chi connectivity index (χ4v) is 1.80. The molecule has 0 radical (unpaired) electrons. The van der Waals surface area contributed by atoms with E-state index >= 15 is 0 Å². The van der Waals surface area contributed by atoms with Crippen molar-refractivity contribution in [2.24, 2.45) is 0 Å². The number of aryl methyl sites for hydroxylation is 1. The molecular formula is C12H12N6. The Kier molecular flexibility index (Phi) is 2.40. The molecule has 0 amide bonds. The van der Waals surface area contributed by atoms with Gasteiger partial charge in [-0.2, -0.15) is 5.10 Å². The second-order valence-electron chi connectivity index (χ2n) is 3.95. The van der Waals surface area contributed by atoms with Crippen LogP contribution in [0.5, 0.6) is 0 Å². The van der Waals surface area contributed by atoms with Crippen LogP contribution in [0.4, 0.5) is 5.82 Å². The topological polar surface area (TPSA) is 68.5 Å². The number of anilines is 1. The van der Waals surface area contributed by atoms with Gasteiger partial charge in [-0.1, -0.05) is 0 Å². The Hall–Kier alpha value is -2.50. The Labute approximate surface area is 104 Å². The summed E-state index contributed by atoms with van der Waals surface area (Å²) in [6.45, 7) is 1.90. The third kappa shape index (κ3) is 1.67. The minimum atomic E-state index is 0.698. The largest absolute Gasteiger partial charge is 0.373 e. The van der Waals surface area contributed by atoms with Gasteiger partial charge in [-0.3, -0.25) is 4.98 Å². The number of hydrogen-bond donors (Lipinski definition) is 1. The summed E-state index contributed by atoms with van der Waals surface area (Å²) in [5.74, 6) is 1.52. The Morgan fingerprint density at radius 3 is 2.83 bits per heavy atom. The van der Waals surface area contributed by atoms with Crippen molar-refractivity contribution in [1.82, 2.24) is 24.7 Å². The zero-order valence-electron chi connectivity index (χ0n) is 10.1. The van der Waals surface area contributed by atoms with E-state index in [0.29, 0.717) is 5.82 Å². The maximum absolute atomic E-state index is 4.40. The molecule has 0 aliphatic rings. The molecular weight excluding hydrogens is 228 g/mol. The molecule has 0 saturated heterocycles. The number of rotatable bonds is 2. The van der Waals surface area contributed by atoms with E-state index in [1.54, 1.807) is 29.5 Å². The number of nitrogens with one attached hydrogen (secondary N) is 1. The van der Waals surface area contributed by atoms with Gasteiger partial charge in [0, 0.05) is 18.6 Å². The second-order valence-corrected chi connectivity index (χ2v) is 3.95. The highest BCUT2D eigenvalue weighted by Crippen LogP contribution is 2.18. The summed E-state index contributed by atoms with van der Waals surface area (Å²) in [4.78, 5) is 12.8. The Balaban J connectivity index is 2.18. The van der Waals surface area contributed by atoms with Crippen molar-refractivity contribution in [3.05, 3.63) is 36.5 Å². The van der Waals surface area contributed by atoms with Crippen LogP contribution in [-0.2, 0) is 0 Å². The summed E-state index contributed by atoms with van der Waals surface area (Å²) in [5, 5.41) is 8.34. The van der Waals surface area contributed by atoms with Gasteiger partial charge in [-0.25, -0.2) is 14.6 Å². The van der Waals surface area contributed by atoms with Crippen LogP contribution < -0.4 is 5.32 Å². The summed E-state index contributed by atoms with van der Waals surface area (Å²) >= 11 is 0. The molecule has 90 valence electrons. The average molecular weight is 240 g/mol. The van der Waals surface area contributed by atoms with Crippen LogP contribution in [0.2, 0.25) is 0 Å². The van der Waals surface area contributed by atoms with Crippen molar-refractivity contribution in [2.75, 3.05) is 12.4 Å². The minimum Gasteiger partial charge on any atom is -0.373 e. The highest BCUT2D eigenvalue weighted by atomic mass is 15.3. The van der Waals surface area contributed by atoms with Crippen LogP contribution in [0, 0.1) is 6.92 Å². The molecule has 1 N–H and O–H groups in total. The van der Waals surface area contributed by atoms with Crippen molar-refractivity contribution in [3.8, 4) is 5.82 Å². The number of pyridine rings is 1. The van der Waals surface area contributed by atoms with Crippen LogP contribution in [0.1, 0.15) is 5.69 Å². The summed E-state index contributed by atoms with van der Waals surface area (Å²) < 4.78 is 1.74. The van der Waals surface area contributed by atoms with Crippen LogP contribution in [0.25, 0.3) is 16.7 Å². The molecule has 0 aliphatic carbocycles. The first-order valence-electron chi connectivity index (χ1n) is 5.58. The molecule has 0 spiro atoms. The van der Waals surface area contributed by atoms with E-state index < -0.39 is 0 Å². The Morgan fingerprint density at radius 1 is 1.17 bits per heavy atom. The normalized spacial score (nSPS) is 10.8. The predicted molar refractivity (Wildman–Crippen MR) is 68.7 cm³/mol. The van der Waals surface area contributed by atoms with Gasteiger partial charge in [0.25, 0.3) is 0 Å². The van der Waals surface area contributed by atoms with E-state index in [9.17, 15) is 0 Å². The molecule has 6 heteroatoms. The first kappa shape index (κ1) is 10.6. The van der Waals surface area contributed by atoms with Crippen LogP contribution in [-0.4, -0.2) is 31.8 Å². The third-order valence-electron chi connectivity index (χ3n) is 2.67. The summed E-state index contributed by atoms with van der Waals surface area (Å²) in [7, 11) is 1.84. The predicted octanol–water partition coefficient (Wildman–Crippen LogP) is 1.56. The maximum atomic E-state index is 4.40. The first-order chi connectivity index (χ1) is 8.78. The molecule has 0 unspecified atom stereocenters. The van der Waals surface area contributed by atoms with Gasteiger partial charge in [0.1, 0.15) is 5.82 Å². The lowest BCUT2D eigenvalue weighted by Gasteiger charge is -2.03. The molecule has 0 aliphatic heterocycles. The summed E-state index contributed by atoms with van der Waals surface area (Å²) in [6.07, 6.45) is 6.97. The van der Waals surface area contributed by atoms with E-state index in [4.69, 9.17) is 0 Å². The summed E-state index contributed by atoms with van der Waals surface area (Å²) in [5.41, 5.74) is 1.77. The maximum Gasteiger partial charge on any atom is 0.172 e. The van der Waals surface area contributed by atoms with Gasteiger partial charge in [-0.05, 0) is 13.0 Å². The monoisotopic (exact) mass is 240 g/mol. The van der Waals surface area contributed by atoms with Gasteiger partial charge in [-0.15, -0.1) is 0 Å². The molecule has 0 aromatic carbocycles. The van der Waals surface area contributed by atoms with E-state index in [1.807, 2.05) is 20.0 Å². The van der Waals surface area contributed by atoms with E-state index in [0.717, 1.165) is 22.4 Å². The highest BCUT2D eigenvalue weighted by molar-refractivity contribution is 5.81. The molecule has 18 heavy (non-hydrogen) atoms. The zero-order valence-corrected chi connectivity index (χ0v) is 10.1. The van der Waals surface area contributed by atoms with Gasteiger partial charge < -0.3 is 5.32 Å². The molecule has 3 aromatic rings. The van der Waals surface area contributed by atoms with Crippen molar-refractivity contribution in [1.29, 1.82) is 0 Å². The highest BCUT2D eigenvalue weighted by Gasteiger charge is 2.07. The average Bonchev–Trinajstić information content (AvgIpc) is 2.81. The van der Waals surface area contributed by atoms with E-state index in [2.05, 4.69) is 25.4 Å². The SMILES string of the molecule is CNc1cc2cnn(-c3cncc(C)n3)c2cn1. The number of aromatic nitrogens is 5. The van der Waals surface area contributed by atoms with E-state index in [-0.39, 0.29) is 0 Å². The zero-order chi connectivity index (χ0) is 12.5. The van der Waals surface area contributed by atoms with Crippen molar-refractivity contribution >= 4 is 16.7 Å². The van der Waals surface area contributed by atoms with Crippen LogP contribution in [0.15, 0.2) is 30.9 Å². The van der Waals surface area contributed by atoms with Crippen molar-refractivity contribution in [3.63, 3.8) is 0 Å².